The molecule has 0 aliphatic rings. The summed E-state index contributed by atoms with van der Waals surface area (Å²) in [5, 5.41) is 8.14. The quantitative estimate of drug-likeness (QED) is 0.656. The molecule has 0 radical (unpaired) electrons. The molecule has 5 nitrogen and oxygen atoms in total. The second-order valence-electron chi connectivity index (χ2n) is 5.61. The Bertz CT molecular complexity index is 707. The molecule has 1 atom stereocenters. The Kier molecular flexibility index (Phi) is 7.47. The molecule has 2 aromatic carbocycles. The Balaban J connectivity index is 1.75. The van der Waals surface area contributed by atoms with Gasteiger partial charge in [0.1, 0.15) is 0 Å². The molecule has 3 N–H and O–H groups in total. The van der Waals surface area contributed by atoms with E-state index < -0.39 is 0 Å². The van der Waals surface area contributed by atoms with Gasteiger partial charge in [-0.15, -0.1) is 0 Å². The Morgan fingerprint density at radius 3 is 2.36 bits per heavy atom. The fraction of sp³-hybridized carbons (Fsp3) is 0.263. The van der Waals surface area contributed by atoms with E-state index in [2.05, 4.69) is 50.9 Å². The molecule has 132 valence electrons. The lowest BCUT2D eigenvalue weighted by Crippen LogP contribution is -2.41. The minimum absolute atomic E-state index is 0.0880. The van der Waals surface area contributed by atoms with Crippen LogP contribution in [0.3, 0.4) is 0 Å². The van der Waals surface area contributed by atoms with Gasteiger partial charge in [0.05, 0.1) is 12.2 Å². The lowest BCUT2D eigenvalue weighted by molar-refractivity contribution is -0.115. The molecule has 0 saturated carbocycles. The first-order valence-corrected chi connectivity index (χ1v) is 9.00. The minimum atomic E-state index is -0.350. The lowest BCUT2D eigenvalue weighted by atomic mass is 9.97. The maximum atomic E-state index is 11.9. The second-order valence-corrected chi connectivity index (χ2v) is 6.46. The third-order valence-electron chi connectivity index (χ3n) is 3.83. The van der Waals surface area contributed by atoms with Crippen LogP contribution in [0.25, 0.3) is 0 Å². The zero-order valence-corrected chi connectivity index (χ0v) is 15.7. The number of urea groups is 1. The van der Waals surface area contributed by atoms with E-state index in [1.165, 1.54) is 5.56 Å². The maximum Gasteiger partial charge on any atom is 0.315 e. The van der Waals surface area contributed by atoms with Crippen molar-refractivity contribution in [3.8, 4) is 0 Å². The first kappa shape index (κ1) is 19.0. The predicted molar refractivity (Wildman–Crippen MR) is 104 cm³/mol. The smallest absolute Gasteiger partial charge is 0.315 e. The standard InChI is InChI=1S/C19H22BrN3O2/c1-2-14(15-8-4-3-5-9-15)12-21-19(25)22-13-18(24)23-17-11-7-6-10-16(17)20/h3-11,14H,2,12-13H2,1H3,(H,23,24)(H2,21,22,25)/t14-/m0/s1. The number of hydrogen-bond acceptors (Lipinski definition) is 2. The molecule has 3 amide bonds. The fourth-order valence-corrected chi connectivity index (χ4v) is 2.80. The van der Waals surface area contributed by atoms with E-state index in [1.807, 2.05) is 36.4 Å². The Morgan fingerprint density at radius 2 is 1.68 bits per heavy atom. The predicted octanol–water partition coefficient (Wildman–Crippen LogP) is 3.88. The highest BCUT2D eigenvalue weighted by molar-refractivity contribution is 9.10. The van der Waals surface area contributed by atoms with Crippen molar-refractivity contribution in [1.82, 2.24) is 10.6 Å². The number of anilines is 1. The van der Waals surface area contributed by atoms with Crippen molar-refractivity contribution in [1.29, 1.82) is 0 Å². The fourth-order valence-electron chi connectivity index (χ4n) is 2.42. The summed E-state index contributed by atoms with van der Waals surface area (Å²) in [6.07, 6.45) is 0.923. The largest absolute Gasteiger partial charge is 0.338 e. The number of rotatable bonds is 7. The van der Waals surface area contributed by atoms with Gasteiger partial charge in [-0.3, -0.25) is 4.79 Å². The number of carbonyl (C=O) groups is 2. The van der Waals surface area contributed by atoms with Gasteiger partial charge in [-0.1, -0.05) is 49.4 Å². The van der Waals surface area contributed by atoms with Crippen LogP contribution in [0, 0.1) is 0 Å². The van der Waals surface area contributed by atoms with E-state index in [1.54, 1.807) is 6.07 Å². The average molecular weight is 404 g/mol. The zero-order chi connectivity index (χ0) is 18.1. The third-order valence-corrected chi connectivity index (χ3v) is 4.52. The SMILES string of the molecule is CC[C@@H](CNC(=O)NCC(=O)Nc1ccccc1Br)c1ccccc1. The van der Waals surface area contributed by atoms with Crippen molar-refractivity contribution < 1.29 is 9.59 Å². The van der Waals surface area contributed by atoms with Gasteiger partial charge in [-0.05, 0) is 40.0 Å². The van der Waals surface area contributed by atoms with Crippen LogP contribution in [-0.4, -0.2) is 25.0 Å². The molecule has 25 heavy (non-hydrogen) atoms. The molecular formula is C19H22BrN3O2. The molecule has 0 aromatic heterocycles. The van der Waals surface area contributed by atoms with Crippen molar-refractivity contribution in [2.45, 2.75) is 19.3 Å². The van der Waals surface area contributed by atoms with Crippen molar-refractivity contribution in [3.63, 3.8) is 0 Å². The number of halogens is 1. The van der Waals surface area contributed by atoms with E-state index in [0.29, 0.717) is 12.2 Å². The van der Waals surface area contributed by atoms with E-state index in [0.717, 1.165) is 10.9 Å². The third kappa shape index (κ3) is 6.23. The van der Waals surface area contributed by atoms with Crippen molar-refractivity contribution in [2.24, 2.45) is 0 Å². The first-order valence-electron chi connectivity index (χ1n) is 8.21. The number of benzene rings is 2. The summed E-state index contributed by atoms with van der Waals surface area (Å²) in [5.74, 6) is -0.0294. The van der Waals surface area contributed by atoms with Crippen LogP contribution in [0.1, 0.15) is 24.8 Å². The van der Waals surface area contributed by atoms with Gasteiger partial charge in [-0.25, -0.2) is 4.79 Å². The highest BCUT2D eigenvalue weighted by Crippen LogP contribution is 2.21. The van der Waals surface area contributed by atoms with Gasteiger partial charge >= 0.3 is 6.03 Å². The minimum Gasteiger partial charge on any atom is -0.338 e. The van der Waals surface area contributed by atoms with E-state index in [-0.39, 0.29) is 24.4 Å². The Labute approximate surface area is 156 Å². The van der Waals surface area contributed by atoms with Crippen LogP contribution >= 0.6 is 15.9 Å². The average Bonchev–Trinajstić information content (AvgIpc) is 2.63. The van der Waals surface area contributed by atoms with E-state index in [9.17, 15) is 9.59 Å². The maximum absolute atomic E-state index is 11.9. The first-order chi connectivity index (χ1) is 12.1. The van der Waals surface area contributed by atoms with Gasteiger partial charge in [0, 0.05) is 16.9 Å². The van der Waals surface area contributed by atoms with Crippen molar-refractivity contribution in [2.75, 3.05) is 18.4 Å². The zero-order valence-electron chi connectivity index (χ0n) is 14.1. The molecule has 0 unspecified atom stereocenters. The number of hydrogen-bond donors (Lipinski definition) is 3. The van der Waals surface area contributed by atoms with Gasteiger partial charge in [0.2, 0.25) is 5.91 Å². The monoisotopic (exact) mass is 403 g/mol. The van der Waals surface area contributed by atoms with Gasteiger partial charge in [0.15, 0.2) is 0 Å². The lowest BCUT2D eigenvalue weighted by Gasteiger charge is -2.16. The van der Waals surface area contributed by atoms with Gasteiger partial charge in [-0.2, -0.15) is 0 Å². The molecule has 0 aliphatic heterocycles. The summed E-state index contributed by atoms with van der Waals surface area (Å²) >= 11 is 3.36. The van der Waals surface area contributed by atoms with Gasteiger partial charge < -0.3 is 16.0 Å². The number of carbonyl (C=O) groups excluding carboxylic acids is 2. The molecule has 0 bridgehead atoms. The molecule has 0 spiro atoms. The summed E-state index contributed by atoms with van der Waals surface area (Å²) in [4.78, 5) is 23.8. The van der Waals surface area contributed by atoms with E-state index >= 15 is 0 Å². The van der Waals surface area contributed by atoms with Crippen LogP contribution in [0.2, 0.25) is 0 Å². The van der Waals surface area contributed by atoms with Crippen LogP contribution < -0.4 is 16.0 Å². The summed E-state index contributed by atoms with van der Waals surface area (Å²) in [6.45, 7) is 2.52. The number of para-hydroxylation sites is 1. The molecule has 6 heteroatoms. The van der Waals surface area contributed by atoms with Crippen LogP contribution in [0.4, 0.5) is 10.5 Å². The van der Waals surface area contributed by atoms with Crippen molar-refractivity contribution in [3.05, 3.63) is 64.6 Å². The molecular weight excluding hydrogens is 382 g/mol. The van der Waals surface area contributed by atoms with Crippen molar-refractivity contribution >= 4 is 33.6 Å². The molecule has 0 aliphatic carbocycles. The molecule has 2 rings (SSSR count). The Hall–Kier alpha value is -2.34. The molecule has 2 aromatic rings. The summed E-state index contributed by atoms with van der Waals surface area (Å²) < 4.78 is 0.793. The van der Waals surface area contributed by atoms with E-state index in [4.69, 9.17) is 0 Å². The normalized spacial score (nSPS) is 11.4. The van der Waals surface area contributed by atoms with Crippen LogP contribution in [-0.2, 0) is 4.79 Å². The molecule has 0 heterocycles. The number of amides is 3. The molecule has 0 saturated heterocycles. The molecule has 0 fully saturated rings. The second kappa shape index (κ2) is 9.84. The Morgan fingerprint density at radius 1 is 1.00 bits per heavy atom. The highest BCUT2D eigenvalue weighted by Gasteiger charge is 2.11. The van der Waals surface area contributed by atoms with Gasteiger partial charge in [0.25, 0.3) is 0 Å². The topological polar surface area (TPSA) is 70.2 Å². The summed E-state index contributed by atoms with van der Waals surface area (Å²) in [7, 11) is 0. The number of nitrogens with one attached hydrogen (secondary N) is 3. The summed E-state index contributed by atoms with van der Waals surface area (Å²) in [5.41, 5.74) is 1.86. The van der Waals surface area contributed by atoms with Crippen LogP contribution in [0.15, 0.2) is 59.1 Å². The van der Waals surface area contributed by atoms with Crippen LogP contribution in [0.5, 0.6) is 0 Å². The summed E-state index contributed by atoms with van der Waals surface area (Å²) in [6, 6.07) is 17.0. The highest BCUT2D eigenvalue weighted by atomic mass is 79.9.